The SMILES string of the molecule is CCCC(C)(CNCCOC)Cc1cc(Br)ccc1F. The third-order valence-electron chi connectivity index (χ3n) is 3.51. The first-order valence-electron chi connectivity index (χ1n) is 7.14. The van der Waals surface area contributed by atoms with Gasteiger partial charge in [-0.25, -0.2) is 4.39 Å². The van der Waals surface area contributed by atoms with Crippen molar-refractivity contribution in [2.75, 3.05) is 26.8 Å². The Morgan fingerprint density at radius 1 is 1.40 bits per heavy atom. The summed E-state index contributed by atoms with van der Waals surface area (Å²) in [5.41, 5.74) is 0.841. The van der Waals surface area contributed by atoms with Gasteiger partial charge < -0.3 is 10.1 Å². The number of nitrogens with one attached hydrogen (secondary N) is 1. The average Bonchev–Trinajstić information content (AvgIpc) is 2.39. The number of benzene rings is 1. The van der Waals surface area contributed by atoms with Gasteiger partial charge >= 0.3 is 0 Å². The Labute approximate surface area is 130 Å². The van der Waals surface area contributed by atoms with Gasteiger partial charge in [0.05, 0.1) is 6.61 Å². The van der Waals surface area contributed by atoms with Crippen molar-refractivity contribution in [1.29, 1.82) is 0 Å². The van der Waals surface area contributed by atoms with Crippen molar-refractivity contribution < 1.29 is 9.13 Å². The molecule has 1 rings (SSSR count). The smallest absolute Gasteiger partial charge is 0.126 e. The average molecular weight is 346 g/mol. The minimum absolute atomic E-state index is 0.0596. The van der Waals surface area contributed by atoms with Gasteiger partial charge in [-0.05, 0) is 42.0 Å². The molecule has 0 aliphatic rings. The minimum Gasteiger partial charge on any atom is -0.383 e. The van der Waals surface area contributed by atoms with Crippen molar-refractivity contribution >= 4 is 15.9 Å². The second-order valence-corrected chi connectivity index (χ2v) is 6.56. The third kappa shape index (κ3) is 5.90. The van der Waals surface area contributed by atoms with Crippen molar-refractivity contribution in [3.05, 3.63) is 34.1 Å². The van der Waals surface area contributed by atoms with Crippen LogP contribution in [-0.2, 0) is 11.2 Å². The topological polar surface area (TPSA) is 21.3 Å². The maximum absolute atomic E-state index is 13.9. The lowest BCUT2D eigenvalue weighted by Gasteiger charge is -2.30. The van der Waals surface area contributed by atoms with Gasteiger partial charge in [-0.2, -0.15) is 0 Å². The van der Waals surface area contributed by atoms with E-state index in [1.807, 2.05) is 6.07 Å². The molecule has 0 aliphatic carbocycles. The van der Waals surface area contributed by atoms with Gasteiger partial charge in [-0.1, -0.05) is 36.2 Å². The van der Waals surface area contributed by atoms with Crippen LogP contribution >= 0.6 is 15.9 Å². The lowest BCUT2D eigenvalue weighted by molar-refractivity contribution is 0.189. The number of methoxy groups -OCH3 is 1. The molecule has 1 unspecified atom stereocenters. The molecule has 0 saturated heterocycles. The number of hydrogen-bond acceptors (Lipinski definition) is 2. The van der Waals surface area contributed by atoms with E-state index in [0.29, 0.717) is 6.61 Å². The predicted molar refractivity (Wildman–Crippen MR) is 85.6 cm³/mol. The summed E-state index contributed by atoms with van der Waals surface area (Å²) in [4.78, 5) is 0. The highest BCUT2D eigenvalue weighted by Crippen LogP contribution is 2.29. The highest BCUT2D eigenvalue weighted by Gasteiger charge is 2.24. The molecule has 0 bridgehead atoms. The Kier molecular flexibility index (Phi) is 7.70. The Balaban J connectivity index is 2.71. The van der Waals surface area contributed by atoms with Crippen molar-refractivity contribution in [1.82, 2.24) is 5.32 Å². The van der Waals surface area contributed by atoms with Gasteiger partial charge in [-0.15, -0.1) is 0 Å². The summed E-state index contributed by atoms with van der Waals surface area (Å²) in [5.74, 6) is -0.118. The van der Waals surface area contributed by atoms with Gasteiger partial charge in [0.25, 0.3) is 0 Å². The molecule has 0 amide bonds. The first kappa shape index (κ1) is 17.6. The van der Waals surface area contributed by atoms with Crippen molar-refractivity contribution in [3.8, 4) is 0 Å². The van der Waals surface area contributed by atoms with E-state index in [2.05, 4.69) is 35.1 Å². The Morgan fingerprint density at radius 3 is 2.80 bits per heavy atom. The van der Waals surface area contributed by atoms with Crippen LogP contribution in [-0.4, -0.2) is 26.8 Å². The van der Waals surface area contributed by atoms with Gasteiger partial charge in [0.2, 0.25) is 0 Å². The molecule has 114 valence electrons. The molecule has 2 nitrogen and oxygen atoms in total. The standard InChI is InChI=1S/C16H25BrFNO/c1-4-7-16(2,12-19-8-9-20-3)11-13-10-14(17)5-6-15(13)18/h5-6,10,19H,4,7-9,11-12H2,1-3H3. The van der Waals surface area contributed by atoms with Crippen LogP contribution in [0.3, 0.4) is 0 Å². The van der Waals surface area contributed by atoms with Crippen LogP contribution in [0.2, 0.25) is 0 Å². The second kappa shape index (κ2) is 8.75. The van der Waals surface area contributed by atoms with Crippen LogP contribution in [0.25, 0.3) is 0 Å². The van der Waals surface area contributed by atoms with Gasteiger partial charge in [0, 0.05) is 24.7 Å². The number of halogens is 2. The first-order valence-corrected chi connectivity index (χ1v) is 7.93. The number of ether oxygens (including phenoxy) is 1. The zero-order valence-corrected chi connectivity index (χ0v) is 14.2. The highest BCUT2D eigenvalue weighted by molar-refractivity contribution is 9.10. The quantitative estimate of drug-likeness (QED) is 0.678. The molecule has 0 heterocycles. The summed E-state index contributed by atoms with van der Waals surface area (Å²) in [5, 5.41) is 3.41. The van der Waals surface area contributed by atoms with Crippen LogP contribution in [0.5, 0.6) is 0 Å². The number of rotatable bonds is 9. The maximum atomic E-state index is 13.9. The molecule has 0 aromatic heterocycles. The second-order valence-electron chi connectivity index (χ2n) is 5.64. The third-order valence-corrected chi connectivity index (χ3v) is 4.01. The van der Waals surface area contributed by atoms with Crippen LogP contribution in [0.4, 0.5) is 4.39 Å². The molecule has 0 spiro atoms. The van der Waals surface area contributed by atoms with E-state index < -0.39 is 0 Å². The molecule has 0 aliphatic heterocycles. The largest absolute Gasteiger partial charge is 0.383 e. The summed E-state index contributed by atoms with van der Waals surface area (Å²) in [6.07, 6.45) is 2.91. The summed E-state index contributed by atoms with van der Waals surface area (Å²) < 4.78 is 19.9. The molecule has 1 N–H and O–H groups in total. The van der Waals surface area contributed by atoms with E-state index in [1.54, 1.807) is 13.2 Å². The normalized spacial score (nSPS) is 14.2. The van der Waals surface area contributed by atoms with Gasteiger partial charge in [-0.3, -0.25) is 0 Å². The van der Waals surface area contributed by atoms with Gasteiger partial charge in [0.1, 0.15) is 5.82 Å². The van der Waals surface area contributed by atoms with E-state index in [-0.39, 0.29) is 11.2 Å². The summed E-state index contributed by atoms with van der Waals surface area (Å²) in [6.45, 7) is 6.79. The van der Waals surface area contributed by atoms with E-state index in [1.165, 1.54) is 6.07 Å². The first-order chi connectivity index (χ1) is 9.50. The van der Waals surface area contributed by atoms with E-state index >= 15 is 0 Å². The maximum Gasteiger partial charge on any atom is 0.126 e. The van der Waals surface area contributed by atoms with Crippen LogP contribution in [0.15, 0.2) is 22.7 Å². The zero-order valence-electron chi connectivity index (χ0n) is 12.6. The summed E-state index contributed by atoms with van der Waals surface area (Å²) in [7, 11) is 1.70. The van der Waals surface area contributed by atoms with Crippen LogP contribution < -0.4 is 5.32 Å². The Bertz CT molecular complexity index is 413. The Morgan fingerprint density at radius 2 is 2.15 bits per heavy atom. The van der Waals surface area contributed by atoms with E-state index in [4.69, 9.17) is 4.74 Å². The predicted octanol–water partition coefficient (Wildman–Crippen LogP) is 4.17. The van der Waals surface area contributed by atoms with E-state index in [0.717, 1.165) is 42.4 Å². The van der Waals surface area contributed by atoms with E-state index in [9.17, 15) is 4.39 Å². The molecular formula is C16H25BrFNO. The van der Waals surface area contributed by atoms with Crippen molar-refractivity contribution in [2.45, 2.75) is 33.1 Å². The molecular weight excluding hydrogens is 321 g/mol. The fourth-order valence-corrected chi connectivity index (χ4v) is 2.95. The highest BCUT2D eigenvalue weighted by atomic mass is 79.9. The zero-order chi connectivity index (χ0) is 15.0. The van der Waals surface area contributed by atoms with Crippen molar-refractivity contribution in [3.63, 3.8) is 0 Å². The molecule has 20 heavy (non-hydrogen) atoms. The molecule has 1 atom stereocenters. The molecule has 0 saturated carbocycles. The van der Waals surface area contributed by atoms with Crippen molar-refractivity contribution in [2.24, 2.45) is 5.41 Å². The lowest BCUT2D eigenvalue weighted by Crippen LogP contribution is -2.35. The summed E-state index contributed by atoms with van der Waals surface area (Å²) in [6, 6.07) is 5.16. The van der Waals surface area contributed by atoms with Crippen LogP contribution in [0, 0.1) is 11.2 Å². The molecule has 1 aromatic carbocycles. The molecule has 0 fully saturated rings. The Hall–Kier alpha value is -0.450. The molecule has 4 heteroatoms. The molecule has 1 aromatic rings. The van der Waals surface area contributed by atoms with Gasteiger partial charge in [0.15, 0.2) is 0 Å². The monoisotopic (exact) mass is 345 g/mol. The number of hydrogen-bond donors (Lipinski definition) is 1. The minimum atomic E-state index is -0.118. The fourth-order valence-electron chi connectivity index (χ4n) is 2.55. The molecule has 0 radical (unpaired) electrons. The lowest BCUT2D eigenvalue weighted by atomic mass is 9.79. The fraction of sp³-hybridized carbons (Fsp3) is 0.625. The van der Waals surface area contributed by atoms with Crippen LogP contribution in [0.1, 0.15) is 32.3 Å². The summed E-state index contributed by atoms with van der Waals surface area (Å²) >= 11 is 3.42.